The van der Waals surface area contributed by atoms with Crippen LogP contribution in [-0.2, 0) is 13.0 Å². The van der Waals surface area contributed by atoms with E-state index in [0.717, 1.165) is 37.4 Å². The quantitative estimate of drug-likeness (QED) is 0.840. The second kappa shape index (κ2) is 6.37. The Balaban J connectivity index is 1.91. The van der Waals surface area contributed by atoms with Crippen molar-refractivity contribution in [2.75, 3.05) is 6.54 Å². The molecule has 0 spiro atoms. The van der Waals surface area contributed by atoms with Gasteiger partial charge >= 0.3 is 0 Å². The van der Waals surface area contributed by atoms with Crippen LogP contribution < -0.4 is 5.32 Å². The summed E-state index contributed by atoms with van der Waals surface area (Å²) >= 11 is 0. The molecule has 0 bridgehead atoms. The third kappa shape index (κ3) is 2.94. The van der Waals surface area contributed by atoms with Crippen LogP contribution in [0.5, 0.6) is 0 Å². The maximum atomic E-state index is 4.51. The average molecular weight is 249 g/mol. The summed E-state index contributed by atoms with van der Waals surface area (Å²) in [6.07, 6.45) is 9.09. The van der Waals surface area contributed by atoms with Gasteiger partial charge in [0.25, 0.3) is 0 Å². The summed E-state index contributed by atoms with van der Waals surface area (Å²) in [5.74, 6) is 2.84. The number of hydrogen-bond donors (Lipinski definition) is 1. The van der Waals surface area contributed by atoms with Crippen molar-refractivity contribution in [2.45, 2.75) is 59.0 Å². The van der Waals surface area contributed by atoms with Gasteiger partial charge in [0.1, 0.15) is 5.82 Å². The third-order valence-corrected chi connectivity index (χ3v) is 4.47. The van der Waals surface area contributed by atoms with Gasteiger partial charge in [-0.25, -0.2) is 4.98 Å². The van der Waals surface area contributed by atoms with Gasteiger partial charge in [-0.3, -0.25) is 0 Å². The standard InChI is InChI=1S/C15H27N3/c1-4-8-16-14-7-6-13(12(14)3)11-15-17-9-10-18(15)5-2/h9-10,12-14,16H,4-8,11H2,1-3H3. The van der Waals surface area contributed by atoms with Crippen LogP contribution in [0.3, 0.4) is 0 Å². The minimum atomic E-state index is 0.722. The first-order chi connectivity index (χ1) is 8.76. The van der Waals surface area contributed by atoms with E-state index in [1.807, 2.05) is 6.20 Å². The minimum absolute atomic E-state index is 0.722. The predicted octanol–water partition coefficient (Wildman–Crippen LogP) is 2.86. The molecule has 1 aliphatic rings. The summed E-state index contributed by atoms with van der Waals surface area (Å²) < 4.78 is 2.28. The Bertz CT molecular complexity index is 358. The largest absolute Gasteiger partial charge is 0.335 e. The van der Waals surface area contributed by atoms with E-state index in [2.05, 4.69) is 41.8 Å². The number of nitrogens with one attached hydrogen (secondary N) is 1. The molecule has 0 amide bonds. The number of rotatable bonds is 6. The van der Waals surface area contributed by atoms with Crippen molar-refractivity contribution in [3.8, 4) is 0 Å². The molecule has 18 heavy (non-hydrogen) atoms. The minimum Gasteiger partial charge on any atom is -0.335 e. The summed E-state index contributed by atoms with van der Waals surface area (Å²) in [7, 11) is 0. The molecule has 1 saturated carbocycles. The molecule has 1 fully saturated rings. The van der Waals surface area contributed by atoms with Crippen molar-refractivity contribution in [3.63, 3.8) is 0 Å². The Labute approximate surface area is 111 Å². The van der Waals surface area contributed by atoms with Crippen LogP contribution in [0.2, 0.25) is 0 Å². The lowest BCUT2D eigenvalue weighted by Crippen LogP contribution is -2.33. The maximum absolute atomic E-state index is 4.51. The van der Waals surface area contributed by atoms with Crippen molar-refractivity contribution in [1.29, 1.82) is 0 Å². The van der Waals surface area contributed by atoms with Gasteiger partial charge in [0.2, 0.25) is 0 Å². The van der Waals surface area contributed by atoms with Crippen molar-refractivity contribution in [1.82, 2.24) is 14.9 Å². The van der Waals surface area contributed by atoms with E-state index in [1.54, 1.807) is 0 Å². The molecular weight excluding hydrogens is 222 g/mol. The zero-order chi connectivity index (χ0) is 13.0. The van der Waals surface area contributed by atoms with E-state index in [0.29, 0.717) is 0 Å². The lowest BCUT2D eigenvalue weighted by molar-refractivity contribution is 0.344. The first kappa shape index (κ1) is 13.6. The van der Waals surface area contributed by atoms with Crippen LogP contribution in [-0.4, -0.2) is 22.1 Å². The van der Waals surface area contributed by atoms with Gasteiger partial charge < -0.3 is 9.88 Å². The van der Waals surface area contributed by atoms with E-state index < -0.39 is 0 Å². The Hall–Kier alpha value is -0.830. The van der Waals surface area contributed by atoms with Crippen molar-refractivity contribution < 1.29 is 0 Å². The Morgan fingerprint density at radius 2 is 2.22 bits per heavy atom. The molecule has 0 aromatic carbocycles. The van der Waals surface area contributed by atoms with E-state index in [4.69, 9.17) is 0 Å². The van der Waals surface area contributed by atoms with Crippen LogP contribution in [0.25, 0.3) is 0 Å². The molecule has 2 rings (SSSR count). The van der Waals surface area contributed by atoms with Gasteiger partial charge in [0.05, 0.1) is 0 Å². The van der Waals surface area contributed by atoms with E-state index in [9.17, 15) is 0 Å². The molecule has 0 radical (unpaired) electrons. The van der Waals surface area contributed by atoms with Gasteiger partial charge in [-0.1, -0.05) is 13.8 Å². The summed E-state index contributed by atoms with van der Waals surface area (Å²) in [5, 5.41) is 3.69. The topological polar surface area (TPSA) is 29.9 Å². The highest BCUT2D eigenvalue weighted by atomic mass is 15.1. The monoisotopic (exact) mass is 249 g/mol. The van der Waals surface area contributed by atoms with E-state index in [1.165, 1.54) is 25.1 Å². The van der Waals surface area contributed by atoms with Crippen molar-refractivity contribution in [3.05, 3.63) is 18.2 Å². The van der Waals surface area contributed by atoms with Gasteiger partial charge in [-0.15, -0.1) is 0 Å². The molecule has 1 heterocycles. The molecule has 3 atom stereocenters. The van der Waals surface area contributed by atoms with Gasteiger partial charge in [0.15, 0.2) is 0 Å². The summed E-state index contributed by atoms with van der Waals surface area (Å²) in [6, 6.07) is 0.722. The fourth-order valence-corrected chi connectivity index (χ4v) is 3.21. The second-order valence-electron chi connectivity index (χ2n) is 5.59. The fraction of sp³-hybridized carbons (Fsp3) is 0.800. The lowest BCUT2D eigenvalue weighted by atomic mass is 9.92. The van der Waals surface area contributed by atoms with E-state index in [-0.39, 0.29) is 0 Å². The molecular formula is C15H27N3. The predicted molar refractivity (Wildman–Crippen MR) is 75.6 cm³/mol. The van der Waals surface area contributed by atoms with Crippen LogP contribution in [0.15, 0.2) is 12.4 Å². The molecule has 3 heteroatoms. The molecule has 1 aliphatic carbocycles. The van der Waals surface area contributed by atoms with Crippen LogP contribution in [0.1, 0.15) is 45.9 Å². The molecule has 1 aromatic rings. The Morgan fingerprint density at radius 3 is 2.94 bits per heavy atom. The first-order valence-electron chi connectivity index (χ1n) is 7.49. The first-order valence-corrected chi connectivity index (χ1v) is 7.49. The second-order valence-corrected chi connectivity index (χ2v) is 5.59. The van der Waals surface area contributed by atoms with Gasteiger partial charge in [0, 0.05) is 31.4 Å². The van der Waals surface area contributed by atoms with Crippen LogP contribution >= 0.6 is 0 Å². The molecule has 0 saturated heterocycles. The van der Waals surface area contributed by atoms with Gasteiger partial charge in [-0.2, -0.15) is 0 Å². The molecule has 1 aromatic heterocycles. The normalized spacial score (nSPS) is 27.8. The zero-order valence-corrected chi connectivity index (χ0v) is 12.0. The molecule has 3 unspecified atom stereocenters. The SMILES string of the molecule is CCCNC1CCC(Cc2nccn2CC)C1C. The maximum Gasteiger partial charge on any atom is 0.108 e. The number of hydrogen-bond acceptors (Lipinski definition) is 2. The number of nitrogens with zero attached hydrogens (tertiary/aromatic N) is 2. The highest BCUT2D eigenvalue weighted by molar-refractivity contribution is 4.98. The van der Waals surface area contributed by atoms with Crippen LogP contribution in [0.4, 0.5) is 0 Å². The zero-order valence-electron chi connectivity index (χ0n) is 12.0. The molecule has 3 nitrogen and oxygen atoms in total. The summed E-state index contributed by atoms with van der Waals surface area (Å²) in [5.41, 5.74) is 0. The Morgan fingerprint density at radius 1 is 1.39 bits per heavy atom. The van der Waals surface area contributed by atoms with Crippen molar-refractivity contribution >= 4 is 0 Å². The molecule has 1 N–H and O–H groups in total. The Kier molecular flexibility index (Phi) is 4.81. The lowest BCUT2D eigenvalue weighted by Gasteiger charge is -2.21. The number of imidazole rings is 1. The molecule has 0 aliphatic heterocycles. The smallest absolute Gasteiger partial charge is 0.108 e. The number of aromatic nitrogens is 2. The number of aryl methyl sites for hydroxylation is 1. The average Bonchev–Trinajstić information content (AvgIpc) is 2.96. The highest BCUT2D eigenvalue weighted by Gasteiger charge is 2.32. The van der Waals surface area contributed by atoms with Gasteiger partial charge in [-0.05, 0) is 44.6 Å². The van der Waals surface area contributed by atoms with E-state index >= 15 is 0 Å². The van der Waals surface area contributed by atoms with Crippen LogP contribution in [0, 0.1) is 11.8 Å². The summed E-state index contributed by atoms with van der Waals surface area (Å²) in [4.78, 5) is 4.51. The summed E-state index contributed by atoms with van der Waals surface area (Å²) in [6.45, 7) is 9.03. The molecule has 102 valence electrons. The fourth-order valence-electron chi connectivity index (χ4n) is 3.21. The third-order valence-electron chi connectivity index (χ3n) is 4.47. The highest BCUT2D eigenvalue weighted by Crippen LogP contribution is 2.34. The van der Waals surface area contributed by atoms with Crippen molar-refractivity contribution in [2.24, 2.45) is 11.8 Å².